The zero-order chi connectivity index (χ0) is 10.3. The molecule has 0 bridgehead atoms. The molecular weight excluding hydrogens is 188 g/mol. The van der Waals surface area contributed by atoms with E-state index in [0.29, 0.717) is 0 Å². The summed E-state index contributed by atoms with van der Waals surface area (Å²) >= 11 is 0. The first-order valence-corrected chi connectivity index (χ1v) is 5.95. The minimum Gasteiger partial charge on any atom is -0.319 e. The molecule has 3 rings (SSSR count). The quantitative estimate of drug-likeness (QED) is 0.800. The van der Waals surface area contributed by atoms with E-state index in [0.717, 1.165) is 31.3 Å². The summed E-state index contributed by atoms with van der Waals surface area (Å²) in [5, 5.41) is 11.9. The van der Waals surface area contributed by atoms with E-state index >= 15 is 0 Å². The van der Waals surface area contributed by atoms with E-state index < -0.39 is 0 Å². The number of hydrogen-bond acceptors (Lipinski definition) is 3. The van der Waals surface area contributed by atoms with Gasteiger partial charge in [-0.15, -0.1) is 10.2 Å². The normalized spacial score (nSPS) is 25.3. The van der Waals surface area contributed by atoms with Crippen molar-refractivity contribution < 1.29 is 0 Å². The van der Waals surface area contributed by atoms with Gasteiger partial charge in [0.2, 0.25) is 0 Å². The Bertz CT molecular complexity index is 353. The first kappa shape index (κ1) is 9.33. The number of nitrogens with one attached hydrogen (secondary N) is 1. The summed E-state index contributed by atoms with van der Waals surface area (Å²) in [6, 6.07) is 0. The molecule has 0 spiro atoms. The molecular formula is C11H18N4. The van der Waals surface area contributed by atoms with Crippen molar-refractivity contribution in [3.05, 3.63) is 11.6 Å². The van der Waals surface area contributed by atoms with Gasteiger partial charge < -0.3 is 9.88 Å². The first-order chi connectivity index (χ1) is 7.38. The van der Waals surface area contributed by atoms with Crippen LogP contribution in [-0.2, 0) is 13.0 Å². The summed E-state index contributed by atoms with van der Waals surface area (Å²) in [5.41, 5.74) is 0. The molecule has 0 aromatic carbocycles. The molecule has 4 nitrogen and oxygen atoms in total. The molecule has 0 saturated heterocycles. The molecule has 0 amide bonds. The molecule has 4 heteroatoms. The minimum atomic E-state index is 0.722. The summed E-state index contributed by atoms with van der Waals surface area (Å²) in [4.78, 5) is 0. The van der Waals surface area contributed by atoms with Crippen LogP contribution in [0.3, 0.4) is 0 Å². The molecule has 2 heterocycles. The highest BCUT2D eigenvalue weighted by Gasteiger charge is 2.32. The van der Waals surface area contributed by atoms with Gasteiger partial charge in [-0.3, -0.25) is 0 Å². The number of aryl methyl sites for hydroxylation is 1. The Kier molecular flexibility index (Phi) is 2.24. The summed E-state index contributed by atoms with van der Waals surface area (Å²) in [7, 11) is 2.03. The van der Waals surface area contributed by atoms with Crippen LogP contribution in [0.4, 0.5) is 0 Å². The number of nitrogens with zero attached hydrogens (tertiary/aromatic N) is 3. The molecule has 1 saturated carbocycles. The fourth-order valence-electron chi connectivity index (χ4n) is 2.51. The van der Waals surface area contributed by atoms with Crippen molar-refractivity contribution in [3.63, 3.8) is 0 Å². The predicted molar refractivity (Wildman–Crippen MR) is 57.7 cm³/mol. The second-order valence-electron chi connectivity index (χ2n) is 4.82. The van der Waals surface area contributed by atoms with Crippen LogP contribution in [0.5, 0.6) is 0 Å². The number of fused-ring (bicyclic) bond motifs is 1. The highest BCUT2D eigenvalue weighted by molar-refractivity contribution is 5.10. The third-order valence-electron chi connectivity index (χ3n) is 3.51. The summed E-state index contributed by atoms with van der Waals surface area (Å²) in [6.45, 7) is 2.23. The largest absolute Gasteiger partial charge is 0.319 e. The van der Waals surface area contributed by atoms with Crippen LogP contribution in [0.25, 0.3) is 0 Å². The lowest BCUT2D eigenvalue weighted by Gasteiger charge is -2.24. The SMILES string of the molecule is CNCC1CCc2nnc(C3CC3)n2C1. The van der Waals surface area contributed by atoms with Crippen LogP contribution >= 0.6 is 0 Å². The van der Waals surface area contributed by atoms with Gasteiger partial charge in [-0.25, -0.2) is 0 Å². The second-order valence-corrected chi connectivity index (χ2v) is 4.82. The van der Waals surface area contributed by atoms with Crippen LogP contribution in [0, 0.1) is 5.92 Å². The molecule has 82 valence electrons. The van der Waals surface area contributed by atoms with Crippen molar-refractivity contribution in [3.8, 4) is 0 Å². The number of hydrogen-bond donors (Lipinski definition) is 1. The van der Waals surface area contributed by atoms with E-state index in [-0.39, 0.29) is 0 Å². The molecule has 2 aliphatic rings. The van der Waals surface area contributed by atoms with E-state index in [4.69, 9.17) is 0 Å². The third kappa shape index (κ3) is 1.67. The zero-order valence-corrected chi connectivity index (χ0v) is 9.24. The molecule has 1 aliphatic carbocycles. The van der Waals surface area contributed by atoms with E-state index in [2.05, 4.69) is 20.1 Å². The molecule has 1 aliphatic heterocycles. The Hall–Kier alpha value is -0.900. The van der Waals surface area contributed by atoms with Crippen LogP contribution in [0.2, 0.25) is 0 Å². The van der Waals surface area contributed by atoms with E-state index in [9.17, 15) is 0 Å². The Morgan fingerprint density at radius 3 is 2.93 bits per heavy atom. The zero-order valence-electron chi connectivity index (χ0n) is 9.24. The summed E-state index contributed by atoms with van der Waals surface area (Å²) in [5.74, 6) is 3.95. The minimum absolute atomic E-state index is 0.722. The summed E-state index contributed by atoms with van der Waals surface area (Å²) < 4.78 is 2.38. The fourth-order valence-corrected chi connectivity index (χ4v) is 2.51. The molecule has 0 radical (unpaired) electrons. The Balaban J connectivity index is 1.82. The van der Waals surface area contributed by atoms with Gasteiger partial charge in [0.15, 0.2) is 0 Å². The average Bonchev–Trinajstić information content (AvgIpc) is 3.00. The lowest BCUT2D eigenvalue weighted by atomic mass is 9.99. The van der Waals surface area contributed by atoms with Gasteiger partial charge in [0.1, 0.15) is 11.6 Å². The Labute approximate surface area is 90.1 Å². The molecule has 1 unspecified atom stereocenters. The van der Waals surface area contributed by atoms with Gasteiger partial charge in [-0.1, -0.05) is 0 Å². The maximum atomic E-state index is 4.35. The second kappa shape index (κ2) is 3.59. The first-order valence-electron chi connectivity index (χ1n) is 5.95. The number of rotatable bonds is 3. The van der Waals surface area contributed by atoms with Gasteiger partial charge in [-0.2, -0.15) is 0 Å². The Morgan fingerprint density at radius 1 is 1.33 bits per heavy atom. The predicted octanol–water partition coefficient (Wildman–Crippen LogP) is 0.937. The van der Waals surface area contributed by atoms with Crippen LogP contribution < -0.4 is 5.32 Å². The van der Waals surface area contributed by atoms with Crippen LogP contribution in [0.15, 0.2) is 0 Å². The molecule has 1 N–H and O–H groups in total. The van der Waals surface area contributed by atoms with Crippen molar-refractivity contribution >= 4 is 0 Å². The highest BCUT2D eigenvalue weighted by atomic mass is 15.3. The molecule has 1 aromatic heterocycles. The molecule has 1 aromatic rings. The van der Waals surface area contributed by atoms with Crippen LogP contribution in [0.1, 0.15) is 36.8 Å². The Morgan fingerprint density at radius 2 is 2.20 bits per heavy atom. The van der Waals surface area contributed by atoms with Crippen molar-refractivity contribution in [1.82, 2.24) is 20.1 Å². The average molecular weight is 206 g/mol. The van der Waals surface area contributed by atoms with E-state index in [1.54, 1.807) is 0 Å². The van der Waals surface area contributed by atoms with Crippen LogP contribution in [-0.4, -0.2) is 28.4 Å². The van der Waals surface area contributed by atoms with E-state index in [1.807, 2.05) is 7.05 Å². The maximum absolute atomic E-state index is 4.35. The monoisotopic (exact) mass is 206 g/mol. The van der Waals surface area contributed by atoms with Crippen molar-refractivity contribution in [2.75, 3.05) is 13.6 Å². The van der Waals surface area contributed by atoms with Gasteiger partial charge in [0, 0.05) is 18.9 Å². The lowest BCUT2D eigenvalue weighted by Crippen LogP contribution is -2.29. The highest BCUT2D eigenvalue weighted by Crippen LogP contribution is 2.40. The van der Waals surface area contributed by atoms with Gasteiger partial charge in [-0.05, 0) is 38.8 Å². The number of aromatic nitrogens is 3. The molecule has 1 fully saturated rings. The summed E-state index contributed by atoms with van der Waals surface area (Å²) in [6.07, 6.45) is 4.99. The van der Waals surface area contributed by atoms with Crippen molar-refractivity contribution in [2.24, 2.45) is 5.92 Å². The smallest absolute Gasteiger partial charge is 0.136 e. The standard InChI is InChI=1S/C11H18N4/c1-12-6-8-2-5-10-13-14-11(9-3-4-9)15(10)7-8/h8-9,12H,2-7H2,1H3. The van der Waals surface area contributed by atoms with E-state index in [1.165, 1.54) is 30.9 Å². The van der Waals surface area contributed by atoms with Crippen molar-refractivity contribution in [2.45, 2.75) is 38.1 Å². The molecule has 15 heavy (non-hydrogen) atoms. The van der Waals surface area contributed by atoms with Gasteiger partial charge in [0.05, 0.1) is 0 Å². The fraction of sp³-hybridized carbons (Fsp3) is 0.818. The molecule has 1 atom stereocenters. The third-order valence-corrected chi connectivity index (χ3v) is 3.51. The van der Waals surface area contributed by atoms with Gasteiger partial charge in [0.25, 0.3) is 0 Å². The maximum Gasteiger partial charge on any atom is 0.136 e. The topological polar surface area (TPSA) is 42.7 Å². The van der Waals surface area contributed by atoms with Crippen molar-refractivity contribution in [1.29, 1.82) is 0 Å². The van der Waals surface area contributed by atoms with Gasteiger partial charge >= 0.3 is 0 Å². The lowest BCUT2D eigenvalue weighted by molar-refractivity contribution is 0.350.